The Balaban J connectivity index is 1.84. The standard InChI is InChI=1S/C17H14BrN3O3S/c1-23-10-7-8-12(14(9-10)24-2)16-20-21-17(25-16)19-15(22)11-5-3-4-6-13(11)18/h3-9H,1-2H3,(H,19,21,22). The first-order valence-electron chi connectivity index (χ1n) is 7.24. The third-order valence-corrected chi connectivity index (χ3v) is 4.97. The molecule has 128 valence electrons. The Kier molecular flexibility index (Phi) is 5.30. The van der Waals surface area contributed by atoms with Crippen molar-refractivity contribution in [1.29, 1.82) is 0 Å². The molecule has 0 atom stereocenters. The van der Waals surface area contributed by atoms with E-state index in [2.05, 4.69) is 31.4 Å². The summed E-state index contributed by atoms with van der Waals surface area (Å²) in [7, 11) is 3.17. The van der Waals surface area contributed by atoms with Crippen LogP contribution in [0.3, 0.4) is 0 Å². The number of amides is 1. The van der Waals surface area contributed by atoms with Gasteiger partial charge in [0.05, 0.1) is 25.3 Å². The number of hydrogen-bond donors (Lipinski definition) is 1. The predicted octanol–water partition coefficient (Wildman–Crippen LogP) is 4.24. The van der Waals surface area contributed by atoms with Gasteiger partial charge >= 0.3 is 0 Å². The van der Waals surface area contributed by atoms with Gasteiger partial charge in [0, 0.05) is 10.5 Å². The molecule has 3 aromatic rings. The lowest BCUT2D eigenvalue weighted by atomic mass is 10.2. The average Bonchev–Trinajstić information content (AvgIpc) is 3.09. The summed E-state index contributed by atoms with van der Waals surface area (Å²) < 4.78 is 11.3. The van der Waals surface area contributed by atoms with Crippen LogP contribution in [-0.2, 0) is 0 Å². The second kappa shape index (κ2) is 7.62. The molecule has 0 aliphatic heterocycles. The molecule has 3 rings (SSSR count). The monoisotopic (exact) mass is 419 g/mol. The Morgan fingerprint density at radius 1 is 1.12 bits per heavy atom. The van der Waals surface area contributed by atoms with Crippen LogP contribution in [0.25, 0.3) is 10.6 Å². The highest BCUT2D eigenvalue weighted by Crippen LogP contribution is 2.36. The smallest absolute Gasteiger partial charge is 0.258 e. The van der Waals surface area contributed by atoms with E-state index in [1.807, 2.05) is 24.3 Å². The topological polar surface area (TPSA) is 73.3 Å². The van der Waals surface area contributed by atoms with Crippen molar-refractivity contribution in [1.82, 2.24) is 10.2 Å². The number of carbonyl (C=O) groups excluding carboxylic acids is 1. The summed E-state index contributed by atoms with van der Waals surface area (Å²) in [6.07, 6.45) is 0. The Hall–Kier alpha value is -2.45. The van der Waals surface area contributed by atoms with Gasteiger partial charge in [-0.1, -0.05) is 23.5 Å². The zero-order chi connectivity index (χ0) is 17.8. The van der Waals surface area contributed by atoms with Gasteiger partial charge in [-0.3, -0.25) is 10.1 Å². The van der Waals surface area contributed by atoms with Gasteiger partial charge in [0.1, 0.15) is 11.5 Å². The van der Waals surface area contributed by atoms with Gasteiger partial charge in [-0.05, 0) is 40.2 Å². The molecule has 0 unspecified atom stereocenters. The number of hydrogen-bond acceptors (Lipinski definition) is 6. The highest BCUT2D eigenvalue weighted by molar-refractivity contribution is 9.10. The summed E-state index contributed by atoms with van der Waals surface area (Å²) in [5.74, 6) is 1.06. The predicted molar refractivity (Wildman–Crippen MR) is 101 cm³/mol. The second-order valence-electron chi connectivity index (χ2n) is 4.91. The Labute approximate surface area is 156 Å². The molecule has 0 saturated carbocycles. The fourth-order valence-electron chi connectivity index (χ4n) is 2.17. The van der Waals surface area contributed by atoms with Crippen LogP contribution in [0, 0.1) is 0 Å². The lowest BCUT2D eigenvalue weighted by Gasteiger charge is -2.07. The van der Waals surface area contributed by atoms with E-state index in [1.165, 1.54) is 11.3 Å². The Morgan fingerprint density at radius 3 is 2.64 bits per heavy atom. The molecule has 0 aliphatic rings. The van der Waals surface area contributed by atoms with Gasteiger partial charge < -0.3 is 9.47 Å². The molecule has 2 aromatic carbocycles. The van der Waals surface area contributed by atoms with Crippen LogP contribution >= 0.6 is 27.3 Å². The first-order valence-corrected chi connectivity index (χ1v) is 8.85. The van der Waals surface area contributed by atoms with E-state index in [0.29, 0.717) is 31.7 Å². The van der Waals surface area contributed by atoms with Gasteiger partial charge in [-0.2, -0.15) is 0 Å². The van der Waals surface area contributed by atoms with Crippen molar-refractivity contribution in [2.24, 2.45) is 0 Å². The van der Waals surface area contributed by atoms with Crippen molar-refractivity contribution >= 4 is 38.3 Å². The highest BCUT2D eigenvalue weighted by Gasteiger charge is 2.16. The molecular weight excluding hydrogens is 406 g/mol. The molecule has 0 radical (unpaired) electrons. The maximum atomic E-state index is 12.3. The van der Waals surface area contributed by atoms with Crippen molar-refractivity contribution in [2.45, 2.75) is 0 Å². The van der Waals surface area contributed by atoms with Crippen molar-refractivity contribution in [3.63, 3.8) is 0 Å². The summed E-state index contributed by atoms with van der Waals surface area (Å²) in [5.41, 5.74) is 1.31. The third kappa shape index (κ3) is 3.80. The fourth-order valence-corrected chi connectivity index (χ4v) is 3.40. The minimum Gasteiger partial charge on any atom is -0.497 e. The molecule has 1 N–H and O–H groups in total. The van der Waals surface area contributed by atoms with Gasteiger partial charge in [0.25, 0.3) is 5.91 Å². The summed E-state index contributed by atoms with van der Waals surface area (Å²) >= 11 is 4.63. The number of methoxy groups -OCH3 is 2. The van der Waals surface area contributed by atoms with E-state index in [0.717, 1.165) is 5.56 Å². The lowest BCUT2D eigenvalue weighted by molar-refractivity contribution is 0.102. The molecule has 0 aliphatic carbocycles. The van der Waals surface area contributed by atoms with E-state index >= 15 is 0 Å². The number of aromatic nitrogens is 2. The number of carbonyl (C=O) groups is 1. The minimum atomic E-state index is -0.253. The van der Waals surface area contributed by atoms with Crippen molar-refractivity contribution < 1.29 is 14.3 Å². The van der Waals surface area contributed by atoms with Crippen molar-refractivity contribution in [3.05, 3.63) is 52.5 Å². The molecule has 1 amide bonds. The van der Waals surface area contributed by atoms with Crippen LogP contribution in [-0.4, -0.2) is 30.3 Å². The number of ether oxygens (including phenoxy) is 2. The fraction of sp³-hybridized carbons (Fsp3) is 0.118. The molecule has 8 heteroatoms. The van der Waals surface area contributed by atoms with Gasteiger partial charge in [0.15, 0.2) is 5.01 Å². The number of halogens is 1. The average molecular weight is 420 g/mol. The van der Waals surface area contributed by atoms with Crippen LogP contribution in [0.5, 0.6) is 11.5 Å². The molecule has 6 nitrogen and oxygen atoms in total. The zero-order valence-electron chi connectivity index (χ0n) is 13.4. The molecule has 1 heterocycles. The van der Waals surface area contributed by atoms with Crippen LogP contribution in [0.15, 0.2) is 46.9 Å². The van der Waals surface area contributed by atoms with Crippen LogP contribution in [0.1, 0.15) is 10.4 Å². The summed E-state index contributed by atoms with van der Waals surface area (Å²) in [4.78, 5) is 12.3. The molecular formula is C17H14BrN3O3S. The normalized spacial score (nSPS) is 10.4. The van der Waals surface area contributed by atoms with Crippen LogP contribution in [0.4, 0.5) is 5.13 Å². The number of anilines is 1. The number of rotatable bonds is 5. The van der Waals surface area contributed by atoms with Crippen LogP contribution in [0.2, 0.25) is 0 Å². The largest absolute Gasteiger partial charge is 0.497 e. The Bertz CT molecular complexity index is 914. The summed E-state index contributed by atoms with van der Waals surface area (Å²) in [6, 6.07) is 12.6. The zero-order valence-corrected chi connectivity index (χ0v) is 15.8. The first-order chi connectivity index (χ1) is 12.1. The van der Waals surface area contributed by atoms with Crippen molar-refractivity contribution in [3.8, 4) is 22.1 Å². The Morgan fingerprint density at radius 2 is 1.92 bits per heavy atom. The van der Waals surface area contributed by atoms with Gasteiger partial charge in [0.2, 0.25) is 5.13 Å². The molecule has 0 spiro atoms. The van der Waals surface area contributed by atoms with Gasteiger partial charge in [-0.25, -0.2) is 0 Å². The summed E-state index contributed by atoms with van der Waals surface area (Å²) in [5, 5.41) is 12.0. The SMILES string of the molecule is COc1ccc(-c2nnc(NC(=O)c3ccccc3Br)s2)c(OC)c1. The second-order valence-corrected chi connectivity index (χ2v) is 6.74. The highest BCUT2D eigenvalue weighted by atomic mass is 79.9. The van der Waals surface area contributed by atoms with Crippen molar-refractivity contribution in [2.75, 3.05) is 19.5 Å². The number of nitrogens with zero attached hydrogens (tertiary/aromatic N) is 2. The van der Waals surface area contributed by atoms with E-state index in [1.54, 1.807) is 32.4 Å². The lowest BCUT2D eigenvalue weighted by Crippen LogP contribution is -2.12. The maximum absolute atomic E-state index is 12.3. The maximum Gasteiger partial charge on any atom is 0.258 e. The minimum absolute atomic E-state index is 0.253. The molecule has 0 fully saturated rings. The summed E-state index contributed by atoms with van der Waals surface area (Å²) in [6.45, 7) is 0. The quantitative estimate of drug-likeness (QED) is 0.669. The van der Waals surface area contributed by atoms with Crippen LogP contribution < -0.4 is 14.8 Å². The van der Waals surface area contributed by atoms with E-state index < -0.39 is 0 Å². The first kappa shape index (κ1) is 17.4. The molecule has 1 aromatic heterocycles. The van der Waals surface area contributed by atoms with E-state index in [9.17, 15) is 4.79 Å². The number of nitrogens with one attached hydrogen (secondary N) is 1. The van der Waals surface area contributed by atoms with E-state index in [4.69, 9.17) is 9.47 Å². The van der Waals surface area contributed by atoms with Gasteiger partial charge in [-0.15, -0.1) is 10.2 Å². The molecule has 0 saturated heterocycles. The molecule has 25 heavy (non-hydrogen) atoms. The van der Waals surface area contributed by atoms with E-state index in [-0.39, 0.29) is 5.91 Å². The molecule has 0 bridgehead atoms. The number of benzene rings is 2. The third-order valence-electron chi connectivity index (χ3n) is 3.40.